The Morgan fingerprint density at radius 3 is 2.94 bits per heavy atom. The summed E-state index contributed by atoms with van der Waals surface area (Å²) in [5.41, 5.74) is 0.468. The highest BCUT2D eigenvalue weighted by Gasteiger charge is 2.27. The maximum Gasteiger partial charge on any atom is 0.195 e. The fourth-order valence-electron chi connectivity index (χ4n) is 2.03. The lowest BCUT2D eigenvalue weighted by molar-refractivity contribution is 0.606. The Hall–Kier alpha value is -1.20. The highest BCUT2D eigenvalue weighted by atomic mass is 35.5. The molecule has 0 bridgehead atoms. The van der Waals surface area contributed by atoms with E-state index in [0.29, 0.717) is 27.8 Å². The molecule has 0 unspecified atom stereocenters. The van der Waals surface area contributed by atoms with Crippen LogP contribution in [0, 0.1) is 10.6 Å². The highest BCUT2D eigenvalue weighted by molar-refractivity contribution is 7.71. The summed E-state index contributed by atoms with van der Waals surface area (Å²) in [7, 11) is 0. The molecule has 1 fully saturated rings. The number of nitrogens with one attached hydrogen (secondary N) is 1. The van der Waals surface area contributed by atoms with Gasteiger partial charge in [0.15, 0.2) is 4.77 Å². The molecule has 0 spiro atoms. The van der Waals surface area contributed by atoms with Crippen LogP contribution in [0.15, 0.2) is 18.2 Å². The van der Waals surface area contributed by atoms with Crippen molar-refractivity contribution in [3.63, 3.8) is 0 Å². The van der Waals surface area contributed by atoms with Crippen LogP contribution in [0.4, 0.5) is 4.39 Å². The molecule has 6 heteroatoms. The Kier molecular flexibility index (Phi) is 2.95. The second-order valence-corrected chi connectivity index (χ2v) is 5.22. The monoisotopic (exact) mass is 283 g/mol. The first-order valence-corrected chi connectivity index (χ1v) is 6.54. The van der Waals surface area contributed by atoms with E-state index in [0.717, 1.165) is 18.7 Å². The van der Waals surface area contributed by atoms with E-state index in [-0.39, 0.29) is 5.82 Å². The van der Waals surface area contributed by atoms with Crippen LogP contribution in [0.1, 0.15) is 30.3 Å². The molecule has 1 heterocycles. The molecule has 18 heavy (non-hydrogen) atoms. The van der Waals surface area contributed by atoms with E-state index in [1.165, 1.54) is 6.07 Å². The van der Waals surface area contributed by atoms with E-state index in [9.17, 15) is 4.39 Å². The fraction of sp³-hybridized carbons (Fsp3) is 0.333. The molecular weight excluding hydrogens is 273 g/mol. The number of nitrogens with zero attached hydrogens (tertiary/aromatic N) is 2. The van der Waals surface area contributed by atoms with Crippen molar-refractivity contribution < 1.29 is 4.39 Å². The number of benzene rings is 1. The van der Waals surface area contributed by atoms with Gasteiger partial charge >= 0.3 is 0 Å². The zero-order valence-electron chi connectivity index (χ0n) is 9.49. The van der Waals surface area contributed by atoms with Gasteiger partial charge in [-0.05, 0) is 37.2 Å². The minimum absolute atomic E-state index is 0.307. The van der Waals surface area contributed by atoms with Gasteiger partial charge in [-0.15, -0.1) is 0 Å². The molecule has 0 aliphatic heterocycles. The molecule has 1 N–H and O–H groups in total. The number of aromatic nitrogens is 3. The summed E-state index contributed by atoms with van der Waals surface area (Å²) in [4.78, 5) is 0. The van der Waals surface area contributed by atoms with Gasteiger partial charge in [0.1, 0.15) is 11.6 Å². The first-order valence-electron chi connectivity index (χ1n) is 5.75. The van der Waals surface area contributed by atoms with Crippen molar-refractivity contribution in [3.8, 4) is 0 Å². The third kappa shape index (κ3) is 2.08. The van der Waals surface area contributed by atoms with Gasteiger partial charge in [-0.25, -0.2) is 4.39 Å². The maximum absolute atomic E-state index is 13.7. The van der Waals surface area contributed by atoms with Crippen LogP contribution >= 0.6 is 23.8 Å². The molecule has 1 aromatic heterocycles. The normalized spacial score (nSPS) is 15.0. The fourth-order valence-corrected chi connectivity index (χ4v) is 2.56. The zero-order chi connectivity index (χ0) is 12.7. The lowest BCUT2D eigenvalue weighted by Gasteiger charge is -2.07. The molecule has 0 radical (unpaired) electrons. The van der Waals surface area contributed by atoms with Crippen LogP contribution in [0.2, 0.25) is 5.02 Å². The van der Waals surface area contributed by atoms with Crippen molar-refractivity contribution in [1.82, 2.24) is 14.8 Å². The Morgan fingerprint density at radius 1 is 1.50 bits per heavy atom. The minimum Gasteiger partial charge on any atom is -0.301 e. The molecule has 0 amide bonds. The van der Waals surface area contributed by atoms with Gasteiger partial charge in [0.05, 0.1) is 0 Å². The quantitative estimate of drug-likeness (QED) is 0.872. The molecule has 1 aromatic carbocycles. The number of aromatic amines is 1. The Labute approximate surface area is 114 Å². The summed E-state index contributed by atoms with van der Waals surface area (Å²) in [6.07, 6.45) is 2.56. The van der Waals surface area contributed by atoms with Crippen molar-refractivity contribution in [2.75, 3.05) is 0 Å². The third-order valence-corrected chi connectivity index (χ3v) is 3.73. The van der Waals surface area contributed by atoms with Crippen LogP contribution in [0.5, 0.6) is 0 Å². The molecule has 1 saturated carbocycles. The van der Waals surface area contributed by atoms with Crippen LogP contribution in [-0.2, 0) is 6.42 Å². The summed E-state index contributed by atoms with van der Waals surface area (Å²) in [6, 6.07) is 5.10. The van der Waals surface area contributed by atoms with Crippen molar-refractivity contribution in [2.24, 2.45) is 0 Å². The van der Waals surface area contributed by atoms with Crippen LogP contribution in [-0.4, -0.2) is 14.8 Å². The first-order chi connectivity index (χ1) is 8.66. The Morgan fingerprint density at radius 2 is 2.28 bits per heavy atom. The minimum atomic E-state index is -0.307. The molecule has 1 aliphatic carbocycles. The Bertz CT molecular complexity index is 625. The molecule has 3 nitrogen and oxygen atoms in total. The Balaban J connectivity index is 2.00. The lowest BCUT2D eigenvalue weighted by Crippen LogP contribution is -2.04. The third-order valence-electron chi connectivity index (χ3n) is 3.09. The van der Waals surface area contributed by atoms with E-state index >= 15 is 0 Å². The SMILES string of the molecule is Fc1cccc(Cl)c1Cc1n[nH]c(=S)n1C1CC1. The number of rotatable bonds is 3. The number of hydrogen-bond donors (Lipinski definition) is 1. The van der Waals surface area contributed by atoms with Crippen molar-refractivity contribution in [2.45, 2.75) is 25.3 Å². The first kappa shape index (κ1) is 11.9. The van der Waals surface area contributed by atoms with Crippen LogP contribution in [0.25, 0.3) is 0 Å². The summed E-state index contributed by atoms with van der Waals surface area (Å²) in [6.45, 7) is 0. The molecule has 3 rings (SSSR count). The largest absolute Gasteiger partial charge is 0.301 e. The van der Waals surface area contributed by atoms with E-state index < -0.39 is 0 Å². The van der Waals surface area contributed by atoms with E-state index in [1.807, 2.05) is 4.57 Å². The zero-order valence-corrected chi connectivity index (χ0v) is 11.1. The van der Waals surface area contributed by atoms with Crippen molar-refractivity contribution in [1.29, 1.82) is 0 Å². The predicted molar refractivity (Wildman–Crippen MR) is 69.9 cm³/mol. The molecule has 0 atom stereocenters. The molecule has 0 saturated heterocycles. The maximum atomic E-state index is 13.7. The van der Waals surface area contributed by atoms with E-state index in [4.69, 9.17) is 23.8 Å². The van der Waals surface area contributed by atoms with E-state index in [2.05, 4.69) is 10.2 Å². The lowest BCUT2D eigenvalue weighted by atomic mass is 10.1. The molecule has 94 valence electrons. The smallest absolute Gasteiger partial charge is 0.195 e. The molecule has 2 aromatic rings. The topological polar surface area (TPSA) is 33.6 Å². The van der Waals surface area contributed by atoms with Crippen LogP contribution < -0.4 is 0 Å². The van der Waals surface area contributed by atoms with Gasteiger partial charge in [-0.3, -0.25) is 5.10 Å². The molecular formula is C12H11ClFN3S. The second-order valence-electron chi connectivity index (χ2n) is 4.42. The van der Waals surface area contributed by atoms with Gasteiger partial charge < -0.3 is 4.57 Å². The summed E-state index contributed by atoms with van der Waals surface area (Å²) >= 11 is 11.2. The van der Waals surface area contributed by atoms with Crippen molar-refractivity contribution >= 4 is 23.8 Å². The van der Waals surface area contributed by atoms with Crippen LogP contribution in [0.3, 0.4) is 0 Å². The number of halogens is 2. The number of H-pyrrole nitrogens is 1. The van der Waals surface area contributed by atoms with Crippen molar-refractivity contribution in [3.05, 3.63) is 45.2 Å². The predicted octanol–water partition coefficient (Wildman–Crippen LogP) is 3.66. The van der Waals surface area contributed by atoms with Gasteiger partial charge in [0.2, 0.25) is 0 Å². The standard InChI is InChI=1S/C12H11ClFN3S/c13-9-2-1-3-10(14)8(9)6-11-15-16-12(18)17(11)7-4-5-7/h1-3,7H,4-6H2,(H,16,18). The van der Waals surface area contributed by atoms with E-state index in [1.54, 1.807) is 12.1 Å². The van der Waals surface area contributed by atoms with Gasteiger partial charge in [-0.1, -0.05) is 17.7 Å². The average molecular weight is 284 g/mol. The average Bonchev–Trinajstić information content (AvgIpc) is 3.09. The second kappa shape index (κ2) is 4.48. The molecule has 1 aliphatic rings. The number of hydrogen-bond acceptors (Lipinski definition) is 2. The summed E-state index contributed by atoms with van der Waals surface area (Å²) in [5.74, 6) is 0.438. The van der Waals surface area contributed by atoms with Gasteiger partial charge in [0.25, 0.3) is 0 Å². The summed E-state index contributed by atoms with van der Waals surface area (Å²) in [5, 5.41) is 7.37. The summed E-state index contributed by atoms with van der Waals surface area (Å²) < 4.78 is 16.3. The van der Waals surface area contributed by atoms with Gasteiger partial charge in [0, 0.05) is 23.0 Å². The van der Waals surface area contributed by atoms with Gasteiger partial charge in [-0.2, -0.15) is 5.10 Å². The highest BCUT2D eigenvalue weighted by Crippen LogP contribution is 2.36.